The summed E-state index contributed by atoms with van der Waals surface area (Å²) in [6, 6.07) is 13.4. The van der Waals surface area contributed by atoms with E-state index in [4.69, 9.17) is 4.42 Å². The molecule has 0 atom stereocenters. The third kappa shape index (κ3) is 3.55. The first-order valence-electron chi connectivity index (χ1n) is 9.34. The van der Waals surface area contributed by atoms with E-state index >= 15 is 0 Å². The highest BCUT2D eigenvalue weighted by atomic mass is 16.3. The molecule has 0 fully saturated rings. The molecular weight excluding hydrogens is 356 g/mol. The van der Waals surface area contributed by atoms with E-state index in [1.54, 1.807) is 25.4 Å². The second-order valence-electron chi connectivity index (χ2n) is 6.89. The second kappa shape index (κ2) is 7.72. The normalized spacial score (nSPS) is 12.6. The lowest BCUT2D eigenvalue weighted by Gasteiger charge is -2.16. The van der Waals surface area contributed by atoms with Gasteiger partial charge in [-0.05, 0) is 43.5 Å². The molecule has 0 unspecified atom stereocenters. The minimum absolute atomic E-state index is 0.0352. The third-order valence-electron chi connectivity index (χ3n) is 4.90. The average Bonchev–Trinajstić information content (AvgIpc) is 3.44. The molecule has 1 aliphatic carbocycles. The van der Waals surface area contributed by atoms with Gasteiger partial charge in [-0.1, -0.05) is 18.2 Å². The van der Waals surface area contributed by atoms with Gasteiger partial charge in [0.05, 0.1) is 25.0 Å². The molecule has 0 saturated carbocycles. The number of hydrogen-bond donors (Lipinski definition) is 1. The second-order valence-corrected chi connectivity index (χ2v) is 6.89. The summed E-state index contributed by atoms with van der Waals surface area (Å²) in [4.78, 5) is 26.6. The van der Waals surface area contributed by atoms with Gasteiger partial charge in [-0.15, -0.1) is 0 Å². The van der Waals surface area contributed by atoms with E-state index in [0.717, 1.165) is 36.2 Å². The van der Waals surface area contributed by atoms with E-state index in [0.29, 0.717) is 18.0 Å². The first kappa shape index (κ1) is 18.0. The summed E-state index contributed by atoms with van der Waals surface area (Å²) in [5.74, 6) is 0.189. The van der Waals surface area contributed by atoms with Crippen molar-refractivity contribution in [2.24, 2.45) is 0 Å². The van der Waals surface area contributed by atoms with Gasteiger partial charge < -0.3 is 14.6 Å². The number of carbonyl (C=O) groups is 2. The molecular formula is C21H22N4O3. The quantitative estimate of drug-likeness (QED) is 0.714. The fraction of sp³-hybridized carbons (Fsp3) is 0.286. The van der Waals surface area contributed by atoms with Crippen LogP contribution < -0.4 is 5.32 Å². The fourth-order valence-electron chi connectivity index (χ4n) is 3.51. The SMILES string of the molecule is CN(CC(=O)NCc1ccco1)C(=O)c1nn(-c2ccccc2)c2c1CCC2. The molecule has 0 saturated heterocycles. The number of amides is 2. The zero-order valence-corrected chi connectivity index (χ0v) is 15.7. The molecule has 0 bridgehead atoms. The van der Waals surface area contributed by atoms with Crippen LogP contribution in [0.1, 0.15) is 33.9 Å². The monoisotopic (exact) mass is 378 g/mol. The molecule has 0 aliphatic heterocycles. The highest BCUT2D eigenvalue weighted by molar-refractivity contribution is 5.96. The van der Waals surface area contributed by atoms with E-state index < -0.39 is 0 Å². The Morgan fingerprint density at radius 1 is 1.18 bits per heavy atom. The van der Waals surface area contributed by atoms with Crippen molar-refractivity contribution in [3.05, 3.63) is 71.4 Å². The number of nitrogens with zero attached hydrogens (tertiary/aromatic N) is 3. The molecule has 4 rings (SSSR count). The minimum atomic E-state index is -0.244. The summed E-state index contributed by atoms with van der Waals surface area (Å²) in [5, 5.41) is 7.35. The van der Waals surface area contributed by atoms with Crippen molar-refractivity contribution in [3.8, 4) is 5.69 Å². The smallest absolute Gasteiger partial charge is 0.274 e. The Hall–Kier alpha value is -3.35. The number of fused-ring (bicyclic) bond motifs is 1. The van der Waals surface area contributed by atoms with E-state index in [2.05, 4.69) is 10.4 Å². The number of carbonyl (C=O) groups excluding carboxylic acids is 2. The lowest BCUT2D eigenvalue weighted by atomic mass is 10.2. The molecule has 2 heterocycles. The molecule has 0 spiro atoms. The lowest BCUT2D eigenvalue weighted by Crippen LogP contribution is -2.38. The van der Waals surface area contributed by atoms with Gasteiger partial charge in [0.2, 0.25) is 5.91 Å². The fourth-order valence-corrected chi connectivity index (χ4v) is 3.51. The Morgan fingerprint density at radius 3 is 2.75 bits per heavy atom. The highest BCUT2D eigenvalue weighted by Gasteiger charge is 2.29. The van der Waals surface area contributed by atoms with Gasteiger partial charge in [0.15, 0.2) is 5.69 Å². The summed E-state index contributed by atoms with van der Waals surface area (Å²) in [5.41, 5.74) is 3.47. The molecule has 3 aromatic rings. The van der Waals surface area contributed by atoms with Crippen molar-refractivity contribution in [3.63, 3.8) is 0 Å². The maximum Gasteiger partial charge on any atom is 0.274 e. The van der Waals surface area contributed by atoms with Crippen LogP contribution in [0.4, 0.5) is 0 Å². The van der Waals surface area contributed by atoms with E-state index in [1.807, 2.05) is 35.0 Å². The Balaban J connectivity index is 1.48. The van der Waals surface area contributed by atoms with Crippen molar-refractivity contribution < 1.29 is 14.0 Å². The van der Waals surface area contributed by atoms with Crippen LogP contribution >= 0.6 is 0 Å². The zero-order valence-electron chi connectivity index (χ0n) is 15.7. The molecule has 1 N–H and O–H groups in total. The van der Waals surface area contributed by atoms with Gasteiger partial charge in [0, 0.05) is 18.3 Å². The molecule has 28 heavy (non-hydrogen) atoms. The predicted molar refractivity (Wildman–Crippen MR) is 103 cm³/mol. The van der Waals surface area contributed by atoms with Crippen LogP contribution in [-0.4, -0.2) is 40.1 Å². The Kier molecular flexibility index (Phi) is 4.97. The summed E-state index contributed by atoms with van der Waals surface area (Å²) < 4.78 is 7.05. The molecule has 1 aromatic carbocycles. The molecule has 7 nitrogen and oxygen atoms in total. The Labute approximate surface area is 162 Å². The Bertz CT molecular complexity index is 977. The molecule has 1 aliphatic rings. The van der Waals surface area contributed by atoms with Crippen LogP contribution in [0.2, 0.25) is 0 Å². The van der Waals surface area contributed by atoms with Crippen LogP contribution in [0, 0.1) is 0 Å². The average molecular weight is 378 g/mol. The summed E-state index contributed by atoms with van der Waals surface area (Å²) >= 11 is 0. The lowest BCUT2D eigenvalue weighted by molar-refractivity contribution is -0.121. The van der Waals surface area contributed by atoms with Crippen LogP contribution in [0.15, 0.2) is 53.1 Å². The summed E-state index contributed by atoms with van der Waals surface area (Å²) in [6.07, 6.45) is 4.30. The van der Waals surface area contributed by atoms with Gasteiger partial charge in [-0.25, -0.2) is 4.68 Å². The number of nitrogens with one attached hydrogen (secondary N) is 1. The maximum absolute atomic E-state index is 13.0. The van der Waals surface area contributed by atoms with Crippen LogP contribution in [0.3, 0.4) is 0 Å². The van der Waals surface area contributed by atoms with Crippen molar-refractivity contribution >= 4 is 11.8 Å². The van der Waals surface area contributed by atoms with Crippen LogP contribution in [0.25, 0.3) is 5.69 Å². The van der Waals surface area contributed by atoms with Crippen molar-refractivity contribution in [1.29, 1.82) is 0 Å². The first-order valence-corrected chi connectivity index (χ1v) is 9.34. The van der Waals surface area contributed by atoms with Crippen LogP contribution in [-0.2, 0) is 24.2 Å². The minimum Gasteiger partial charge on any atom is -0.467 e. The number of likely N-dealkylation sites (N-methyl/N-ethyl adjacent to an activating group) is 1. The van der Waals surface area contributed by atoms with E-state index in [1.165, 1.54) is 4.90 Å². The maximum atomic E-state index is 13.0. The number of para-hydroxylation sites is 1. The van der Waals surface area contributed by atoms with E-state index in [-0.39, 0.29) is 18.4 Å². The van der Waals surface area contributed by atoms with Crippen molar-refractivity contribution in [2.45, 2.75) is 25.8 Å². The number of benzene rings is 1. The highest BCUT2D eigenvalue weighted by Crippen LogP contribution is 2.28. The van der Waals surface area contributed by atoms with Gasteiger partial charge in [0.25, 0.3) is 5.91 Å². The van der Waals surface area contributed by atoms with Gasteiger partial charge >= 0.3 is 0 Å². The third-order valence-corrected chi connectivity index (χ3v) is 4.90. The van der Waals surface area contributed by atoms with E-state index in [9.17, 15) is 9.59 Å². The van der Waals surface area contributed by atoms with Gasteiger partial charge in [-0.3, -0.25) is 9.59 Å². The van der Waals surface area contributed by atoms with Crippen molar-refractivity contribution in [2.75, 3.05) is 13.6 Å². The first-order chi connectivity index (χ1) is 13.6. The number of furan rings is 1. The largest absolute Gasteiger partial charge is 0.467 e. The number of rotatable bonds is 6. The van der Waals surface area contributed by atoms with Crippen LogP contribution in [0.5, 0.6) is 0 Å². The Morgan fingerprint density at radius 2 is 2.00 bits per heavy atom. The predicted octanol–water partition coefficient (Wildman–Crippen LogP) is 2.34. The van der Waals surface area contributed by atoms with Gasteiger partial charge in [-0.2, -0.15) is 5.10 Å². The molecule has 0 radical (unpaired) electrons. The number of aromatic nitrogens is 2. The zero-order chi connectivity index (χ0) is 19.5. The summed E-state index contributed by atoms with van der Waals surface area (Å²) in [6.45, 7) is 0.262. The van der Waals surface area contributed by atoms with Gasteiger partial charge in [0.1, 0.15) is 5.76 Å². The molecule has 2 aromatic heterocycles. The molecule has 7 heteroatoms. The molecule has 144 valence electrons. The topological polar surface area (TPSA) is 80.4 Å². The summed E-state index contributed by atoms with van der Waals surface area (Å²) in [7, 11) is 1.62. The number of hydrogen-bond acceptors (Lipinski definition) is 4. The van der Waals surface area contributed by atoms with Crippen molar-refractivity contribution in [1.82, 2.24) is 20.0 Å². The molecule has 2 amide bonds. The standard InChI is InChI=1S/C21H22N4O3/c1-24(14-19(26)22-13-16-9-6-12-28-16)21(27)20-17-10-5-11-18(17)25(23-20)15-7-3-2-4-8-15/h2-4,6-9,12H,5,10-11,13-14H2,1H3,(H,22,26).